The van der Waals surface area contributed by atoms with Gasteiger partial charge < -0.3 is 10.1 Å². The maximum Gasteiger partial charge on any atom is 0.323 e. The molecule has 4 nitrogen and oxygen atoms in total. The van der Waals surface area contributed by atoms with Crippen LogP contribution in [0.2, 0.25) is 0 Å². The van der Waals surface area contributed by atoms with E-state index in [0.29, 0.717) is 5.75 Å². The Hall–Kier alpha value is -1.72. The Labute approximate surface area is 157 Å². The lowest BCUT2D eigenvalue weighted by atomic mass is 10.1. The van der Waals surface area contributed by atoms with Gasteiger partial charge in [-0.2, -0.15) is 12.6 Å². The van der Waals surface area contributed by atoms with Crippen LogP contribution in [0.4, 0.5) is 5.69 Å². The van der Waals surface area contributed by atoms with Gasteiger partial charge in [0, 0.05) is 11.4 Å². The highest BCUT2D eigenvalue weighted by atomic mass is 32.1. The Morgan fingerprint density at radius 2 is 1.92 bits per heavy atom. The third-order valence-corrected chi connectivity index (χ3v) is 4.05. The van der Waals surface area contributed by atoms with E-state index >= 15 is 0 Å². The number of methoxy groups -OCH3 is 1. The van der Waals surface area contributed by atoms with Crippen LogP contribution in [0.25, 0.3) is 0 Å². The first-order valence-electron chi connectivity index (χ1n) is 8.53. The lowest BCUT2D eigenvalue weighted by molar-refractivity contribution is -0.142. The molecule has 1 aromatic rings. The first-order valence-corrected chi connectivity index (χ1v) is 9.16. The van der Waals surface area contributed by atoms with E-state index in [1.165, 1.54) is 18.3 Å². The minimum absolute atomic E-state index is 0.189. The van der Waals surface area contributed by atoms with Gasteiger partial charge in [-0.25, -0.2) is 0 Å². The van der Waals surface area contributed by atoms with Gasteiger partial charge in [0.05, 0.1) is 13.3 Å². The largest absolute Gasteiger partial charge is 0.468 e. The highest BCUT2D eigenvalue weighted by molar-refractivity contribution is 7.80. The number of esters is 1. The average molecular weight is 363 g/mol. The number of carbonyl (C=O) groups excluding carboxylic acids is 1. The van der Waals surface area contributed by atoms with E-state index in [2.05, 4.69) is 56.2 Å². The van der Waals surface area contributed by atoms with Crippen molar-refractivity contribution in [2.24, 2.45) is 0 Å². The summed E-state index contributed by atoms with van der Waals surface area (Å²) in [6.45, 7) is 6.32. The van der Waals surface area contributed by atoms with E-state index in [4.69, 9.17) is 4.74 Å². The first kappa shape index (κ1) is 21.3. The van der Waals surface area contributed by atoms with Crippen LogP contribution in [-0.4, -0.2) is 31.0 Å². The molecule has 25 heavy (non-hydrogen) atoms. The molecule has 2 N–H and O–H groups in total. The monoisotopic (exact) mass is 362 g/mol. The Morgan fingerprint density at radius 1 is 1.24 bits per heavy atom. The zero-order valence-corrected chi connectivity index (χ0v) is 16.5. The van der Waals surface area contributed by atoms with E-state index in [1.54, 1.807) is 0 Å². The summed E-state index contributed by atoms with van der Waals surface area (Å²) < 4.78 is 4.84. The number of anilines is 1. The highest BCUT2D eigenvalue weighted by Crippen LogP contribution is 2.12. The van der Waals surface area contributed by atoms with Crippen LogP contribution in [0.3, 0.4) is 0 Å². The summed E-state index contributed by atoms with van der Waals surface area (Å²) in [6.07, 6.45) is 6.14. The molecule has 0 aliphatic rings. The number of allylic oxidation sites excluding steroid dienone is 3. The predicted molar refractivity (Wildman–Crippen MR) is 109 cm³/mol. The van der Waals surface area contributed by atoms with Crippen molar-refractivity contribution >= 4 is 24.3 Å². The van der Waals surface area contributed by atoms with Gasteiger partial charge in [-0.05, 0) is 51.8 Å². The zero-order chi connectivity index (χ0) is 18.7. The van der Waals surface area contributed by atoms with Gasteiger partial charge >= 0.3 is 5.97 Å². The molecule has 0 amide bonds. The molecule has 5 heteroatoms. The van der Waals surface area contributed by atoms with Crippen molar-refractivity contribution < 1.29 is 9.53 Å². The molecule has 138 valence electrons. The smallest absolute Gasteiger partial charge is 0.323 e. The van der Waals surface area contributed by atoms with Gasteiger partial charge in [0.2, 0.25) is 0 Å². The summed E-state index contributed by atoms with van der Waals surface area (Å²) in [7, 11) is 1.39. The van der Waals surface area contributed by atoms with Crippen LogP contribution >= 0.6 is 12.6 Å². The molecule has 1 rings (SSSR count). The average Bonchev–Trinajstić information content (AvgIpc) is 2.59. The van der Waals surface area contributed by atoms with Gasteiger partial charge in [0.15, 0.2) is 0 Å². The summed E-state index contributed by atoms with van der Waals surface area (Å²) in [6, 6.07) is 9.43. The van der Waals surface area contributed by atoms with Crippen LogP contribution in [0, 0.1) is 0 Å². The van der Waals surface area contributed by atoms with Gasteiger partial charge in [-0.3, -0.25) is 10.1 Å². The fraction of sp³-hybridized carbons (Fsp3) is 0.450. The normalized spacial score (nSPS) is 13.7. The number of rotatable bonds is 10. The third-order valence-electron chi connectivity index (χ3n) is 3.69. The standard InChI is InChI=1S/C20H30N2O2S/c1-15(2)9-8-10-16(3)13-19(21-17-11-6-5-7-12-17)22-18(14-25)20(23)24-4/h5-7,9,11-13,18-19,21-22,25H,8,10,14H2,1-4H3/t18-,19?/m0/s1. The summed E-state index contributed by atoms with van der Waals surface area (Å²) >= 11 is 4.26. The molecule has 0 bridgehead atoms. The third kappa shape index (κ3) is 8.79. The number of hydrogen-bond acceptors (Lipinski definition) is 5. The van der Waals surface area contributed by atoms with Crippen molar-refractivity contribution in [3.63, 3.8) is 0 Å². The summed E-state index contributed by atoms with van der Waals surface area (Å²) in [5.74, 6) is 0.0510. The molecule has 0 fully saturated rings. The quantitative estimate of drug-likeness (QED) is 0.253. The number of carbonyl (C=O) groups is 1. The summed E-state index contributed by atoms with van der Waals surface area (Å²) in [5.41, 5.74) is 3.56. The van der Waals surface area contributed by atoms with Gasteiger partial charge in [-0.15, -0.1) is 0 Å². The Balaban J connectivity index is 2.86. The van der Waals surface area contributed by atoms with E-state index in [1.807, 2.05) is 30.3 Å². The SMILES string of the molecule is COC(=O)[C@H](CS)NC(C=C(C)CCC=C(C)C)Nc1ccccc1. The van der Waals surface area contributed by atoms with E-state index < -0.39 is 6.04 Å². The van der Waals surface area contributed by atoms with Gasteiger partial charge in [0.1, 0.15) is 6.04 Å². The Kier molecular flexibility index (Phi) is 10.0. The molecule has 0 aliphatic heterocycles. The molecule has 0 radical (unpaired) electrons. The minimum atomic E-state index is -0.476. The molecule has 0 aromatic heterocycles. The number of hydrogen-bond donors (Lipinski definition) is 3. The van der Waals surface area contributed by atoms with Crippen LogP contribution in [0.15, 0.2) is 53.6 Å². The molecule has 0 saturated carbocycles. The summed E-state index contributed by atoms with van der Waals surface area (Å²) in [4.78, 5) is 11.9. The zero-order valence-electron chi connectivity index (χ0n) is 15.6. The number of para-hydroxylation sites is 1. The van der Waals surface area contributed by atoms with E-state index in [9.17, 15) is 4.79 Å². The molecule has 0 aliphatic carbocycles. The molecule has 0 heterocycles. The molecular formula is C20H30N2O2S. The van der Waals surface area contributed by atoms with Crippen molar-refractivity contribution in [2.75, 3.05) is 18.2 Å². The fourth-order valence-corrected chi connectivity index (χ4v) is 2.61. The number of nitrogens with one attached hydrogen (secondary N) is 2. The molecular weight excluding hydrogens is 332 g/mol. The molecule has 1 unspecified atom stereocenters. The highest BCUT2D eigenvalue weighted by Gasteiger charge is 2.20. The van der Waals surface area contributed by atoms with Gasteiger partial charge in [-0.1, -0.05) is 35.4 Å². The van der Waals surface area contributed by atoms with Crippen LogP contribution in [0.5, 0.6) is 0 Å². The van der Waals surface area contributed by atoms with Crippen molar-refractivity contribution in [1.29, 1.82) is 0 Å². The van der Waals surface area contributed by atoms with Crippen LogP contribution in [-0.2, 0) is 9.53 Å². The van der Waals surface area contributed by atoms with Crippen LogP contribution in [0.1, 0.15) is 33.6 Å². The number of benzene rings is 1. The molecule has 0 saturated heterocycles. The lowest BCUT2D eigenvalue weighted by Crippen LogP contribution is -2.47. The van der Waals surface area contributed by atoms with E-state index in [0.717, 1.165) is 18.5 Å². The van der Waals surface area contributed by atoms with E-state index in [-0.39, 0.29) is 12.1 Å². The topological polar surface area (TPSA) is 50.4 Å². The minimum Gasteiger partial charge on any atom is -0.468 e. The second-order valence-corrected chi connectivity index (χ2v) is 6.61. The van der Waals surface area contributed by atoms with Crippen molar-refractivity contribution in [3.8, 4) is 0 Å². The fourth-order valence-electron chi connectivity index (χ4n) is 2.36. The number of ether oxygens (including phenoxy) is 1. The molecule has 1 aromatic carbocycles. The Morgan fingerprint density at radius 3 is 2.48 bits per heavy atom. The summed E-state index contributed by atoms with van der Waals surface area (Å²) in [5, 5.41) is 6.69. The second-order valence-electron chi connectivity index (χ2n) is 6.25. The first-order chi connectivity index (χ1) is 12.0. The maximum absolute atomic E-state index is 11.9. The Bertz CT molecular complexity index is 581. The number of thiol groups is 1. The van der Waals surface area contributed by atoms with Crippen molar-refractivity contribution in [1.82, 2.24) is 5.32 Å². The predicted octanol–water partition coefficient (Wildman–Crippen LogP) is 4.18. The molecule has 2 atom stereocenters. The van der Waals surface area contributed by atoms with Crippen molar-refractivity contribution in [2.45, 2.75) is 45.8 Å². The maximum atomic E-state index is 11.9. The van der Waals surface area contributed by atoms with Crippen molar-refractivity contribution in [3.05, 3.63) is 53.6 Å². The second kappa shape index (κ2) is 11.8. The molecule has 0 spiro atoms. The van der Waals surface area contributed by atoms with Gasteiger partial charge in [0.25, 0.3) is 0 Å². The lowest BCUT2D eigenvalue weighted by Gasteiger charge is -2.23. The van der Waals surface area contributed by atoms with Crippen LogP contribution < -0.4 is 10.6 Å².